The lowest BCUT2D eigenvalue weighted by Gasteiger charge is -2.04. The second-order valence-corrected chi connectivity index (χ2v) is 7.15. The molecule has 0 aromatic heterocycles. The molecule has 4 heteroatoms. The van der Waals surface area contributed by atoms with E-state index in [1.165, 1.54) is 28.3 Å². The summed E-state index contributed by atoms with van der Waals surface area (Å²) >= 11 is 0. The number of hydrogen-bond acceptors (Lipinski definition) is 2. The highest BCUT2D eigenvalue weighted by Gasteiger charge is 2.12. The molecular weight excluding hydrogens is 368 g/mol. The first-order valence-electron chi connectivity index (χ1n) is 9.61. The Bertz CT molecular complexity index is 741. The summed E-state index contributed by atoms with van der Waals surface area (Å²) in [6.45, 7) is 26.0. The van der Waals surface area contributed by atoms with Gasteiger partial charge < -0.3 is 0 Å². The fourth-order valence-electron chi connectivity index (χ4n) is 2.09. The molecular formula is C24H40O3S. The summed E-state index contributed by atoms with van der Waals surface area (Å²) in [6.07, 6.45) is 0. The molecule has 0 saturated carbocycles. The Labute approximate surface area is 174 Å². The number of hydrogen-bond donors (Lipinski definition) is 1. The van der Waals surface area contributed by atoms with Crippen molar-refractivity contribution in [3.8, 4) is 0 Å². The molecule has 0 bridgehead atoms. The summed E-state index contributed by atoms with van der Waals surface area (Å²) in [5.74, 6) is 0. The molecule has 2 aromatic carbocycles. The maximum absolute atomic E-state index is 10.8. The molecule has 2 rings (SSSR count). The monoisotopic (exact) mass is 408 g/mol. The lowest BCUT2D eigenvalue weighted by Crippen LogP contribution is -2.00. The maximum atomic E-state index is 10.8. The Morgan fingerprint density at radius 3 is 1.21 bits per heavy atom. The Balaban J connectivity index is -0.000000355. The van der Waals surface area contributed by atoms with E-state index in [-0.39, 0.29) is 4.90 Å². The number of benzene rings is 2. The summed E-state index contributed by atoms with van der Waals surface area (Å²) in [5, 5.41) is 0. The van der Waals surface area contributed by atoms with Gasteiger partial charge in [0.05, 0.1) is 4.90 Å². The predicted octanol–water partition coefficient (Wildman–Crippen LogP) is 7.33. The van der Waals surface area contributed by atoms with Crippen LogP contribution in [0.4, 0.5) is 0 Å². The molecule has 2 aromatic rings. The first-order chi connectivity index (χ1) is 13.0. The first-order valence-corrected chi connectivity index (χ1v) is 11.1. The molecule has 0 fully saturated rings. The quantitative estimate of drug-likeness (QED) is 0.397. The van der Waals surface area contributed by atoms with Crippen molar-refractivity contribution >= 4 is 10.1 Å². The van der Waals surface area contributed by atoms with Crippen molar-refractivity contribution in [1.29, 1.82) is 0 Å². The molecule has 0 saturated heterocycles. The lowest BCUT2D eigenvalue weighted by molar-refractivity contribution is 0.482. The van der Waals surface area contributed by atoms with Gasteiger partial charge in [-0.3, -0.25) is 4.55 Å². The summed E-state index contributed by atoms with van der Waals surface area (Å²) in [6, 6.07) is 9.39. The zero-order valence-corrected chi connectivity index (χ0v) is 20.3. The van der Waals surface area contributed by atoms with Crippen LogP contribution in [-0.2, 0) is 10.1 Å². The largest absolute Gasteiger partial charge is 0.294 e. The van der Waals surface area contributed by atoms with Crippen LogP contribution in [0.25, 0.3) is 0 Å². The average molecular weight is 409 g/mol. The van der Waals surface area contributed by atoms with Gasteiger partial charge in [0.2, 0.25) is 0 Å². The van der Waals surface area contributed by atoms with Crippen molar-refractivity contribution in [3.05, 3.63) is 76.9 Å². The minimum absolute atomic E-state index is 0.0116. The highest BCUT2D eigenvalue weighted by Crippen LogP contribution is 2.15. The zero-order valence-electron chi connectivity index (χ0n) is 19.5. The molecule has 0 spiro atoms. The molecule has 28 heavy (non-hydrogen) atoms. The van der Waals surface area contributed by atoms with Crippen LogP contribution in [0.15, 0.2) is 48.4 Å². The summed E-state index contributed by atoms with van der Waals surface area (Å²) in [5.41, 5.74) is 6.94. The highest BCUT2D eigenvalue weighted by molar-refractivity contribution is 7.85. The van der Waals surface area contributed by atoms with E-state index < -0.39 is 10.1 Å². The fraction of sp³-hybridized carbons (Fsp3) is 0.417. The van der Waals surface area contributed by atoms with Crippen molar-refractivity contribution in [2.24, 2.45) is 0 Å². The van der Waals surface area contributed by atoms with Gasteiger partial charge in [-0.1, -0.05) is 52.0 Å². The van der Waals surface area contributed by atoms with Crippen molar-refractivity contribution in [2.45, 2.75) is 74.1 Å². The van der Waals surface area contributed by atoms with E-state index in [9.17, 15) is 8.42 Å². The van der Waals surface area contributed by atoms with Gasteiger partial charge in [-0.15, -0.1) is 13.2 Å². The summed E-state index contributed by atoms with van der Waals surface area (Å²) in [4.78, 5) is -0.0116. The average Bonchev–Trinajstić information content (AvgIpc) is 2.67. The van der Waals surface area contributed by atoms with Gasteiger partial charge in [-0.2, -0.15) is 8.42 Å². The normalized spacial score (nSPS) is 9.11. The molecule has 0 aliphatic carbocycles. The molecule has 160 valence electrons. The molecule has 0 unspecified atom stereocenters. The second kappa shape index (κ2) is 16.1. The molecule has 0 aliphatic rings. The van der Waals surface area contributed by atoms with E-state index in [0.717, 1.165) is 5.56 Å². The van der Waals surface area contributed by atoms with Gasteiger partial charge in [-0.05, 0) is 81.0 Å². The molecule has 0 aliphatic heterocycles. The third-order valence-electron chi connectivity index (χ3n) is 3.73. The van der Waals surface area contributed by atoms with Crippen molar-refractivity contribution in [2.75, 3.05) is 0 Å². The van der Waals surface area contributed by atoms with Gasteiger partial charge in [0, 0.05) is 0 Å². The molecule has 1 N–H and O–H groups in total. The van der Waals surface area contributed by atoms with Gasteiger partial charge in [-0.25, -0.2) is 0 Å². The minimum Gasteiger partial charge on any atom is -0.282 e. The van der Waals surface area contributed by atoms with Crippen LogP contribution < -0.4 is 0 Å². The lowest BCUT2D eigenvalue weighted by atomic mass is 10.0. The van der Waals surface area contributed by atoms with Gasteiger partial charge in [0.15, 0.2) is 0 Å². The standard InChI is InChI=1S/C10H14.C8H10O3S.2C2H6.C2H4/c1-7-5-9(3)10(4)6-8(7)2;1-6-3-4-7(2)8(5-6)12(9,10)11;3*1-2/h5-6H,1-4H3;3-5H,1-2H3,(H,9,10,11);2*1-2H3;1-2H2. The first kappa shape index (κ1) is 30.8. The van der Waals surface area contributed by atoms with E-state index in [1.807, 2.05) is 27.7 Å². The van der Waals surface area contributed by atoms with Crippen molar-refractivity contribution in [3.63, 3.8) is 0 Å². The van der Waals surface area contributed by atoms with Crippen LogP contribution in [0, 0.1) is 41.5 Å². The van der Waals surface area contributed by atoms with Crippen molar-refractivity contribution in [1.82, 2.24) is 0 Å². The van der Waals surface area contributed by atoms with E-state index in [0.29, 0.717) is 5.56 Å². The fourth-order valence-corrected chi connectivity index (χ4v) is 2.90. The number of aryl methyl sites for hydroxylation is 6. The molecule has 3 nitrogen and oxygen atoms in total. The predicted molar refractivity (Wildman–Crippen MR) is 125 cm³/mol. The molecule has 0 heterocycles. The molecule has 0 amide bonds. The van der Waals surface area contributed by atoms with Gasteiger partial charge >= 0.3 is 0 Å². The van der Waals surface area contributed by atoms with Crippen LogP contribution in [0.1, 0.15) is 61.1 Å². The Morgan fingerprint density at radius 1 is 0.643 bits per heavy atom. The van der Waals surface area contributed by atoms with Gasteiger partial charge in [0.1, 0.15) is 0 Å². The smallest absolute Gasteiger partial charge is 0.282 e. The summed E-state index contributed by atoms with van der Waals surface area (Å²) in [7, 11) is -4.06. The van der Waals surface area contributed by atoms with Crippen LogP contribution in [0.2, 0.25) is 0 Å². The molecule has 0 radical (unpaired) electrons. The maximum Gasteiger partial charge on any atom is 0.294 e. The second-order valence-electron chi connectivity index (χ2n) is 5.76. The Hall–Kier alpha value is -1.91. The van der Waals surface area contributed by atoms with Crippen LogP contribution >= 0.6 is 0 Å². The zero-order chi connectivity index (χ0) is 23.1. The van der Waals surface area contributed by atoms with E-state index in [1.54, 1.807) is 26.0 Å². The number of rotatable bonds is 1. The van der Waals surface area contributed by atoms with Gasteiger partial charge in [0.25, 0.3) is 10.1 Å². The van der Waals surface area contributed by atoms with E-state index in [2.05, 4.69) is 53.0 Å². The van der Waals surface area contributed by atoms with E-state index in [4.69, 9.17) is 4.55 Å². The third-order valence-corrected chi connectivity index (χ3v) is 4.73. The van der Waals surface area contributed by atoms with E-state index >= 15 is 0 Å². The summed E-state index contributed by atoms with van der Waals surface area (Å²) < 4.78 is 30.3. The highest BCUT2D eigenvalue weighted by atomic mass is 32.2. The minimum atomic E-state index is -4.06. The topological polar surface area (TPSA) is 54.4 Å². The van der Waals surface area contributed by atoms with Crippen LogP contribution in [0.5, 0.6) is 0 Å². The Morgan fingerprint density at radius 2 is 0.964 bits per heavy atom. The SMILES string of the molecule is C=C.CC.CC.Cc1cc(C)c(C)cc1C.Cc1ccc(C)c(S(=O)(=O)O)c1. The van der Waals surface area contributed by atoms with Crippen molar-refractivity contribution < 1.29 is 13.0 Å². The van der Waals surface area contributed by atoms with Crippen LogP contribution in [0.3, 0.4) is 0 Å². The molecule has 0 atom stereocenters. The Kier molecular flexibility index (Phi) is 17.7. The van der Waals surface area contributed by atoms with Crippen LogP contribution in [-0.4, -0.2) is 13.0 Å². The third kappa shape index (κ3) is 11.7.